The van der Waals surface area contributed by atoms with Crippen LogP contribution in [-0.4, -0.2) is 42.2 Å². The fraction of sp³-hybridized carbons (Fsp3) is 0.346. The molecule has 0 radical (unpaired) electrons. The summed E-state index contributed by atoms with van der Waals surface area (Å²) in [4.78, 5) is 17.5. The number of hydrogen-bond donors (Lipinski definition) is 2. The molecule has 2 N–H and O–H groups in total. The third kappa shape index (κ3) is 6.78. The summed E-state index contributed by atoms with van der Waals surface area (Å²) in [6.45, 7) is 5.33. The number of benzene rings is 1. The number of halogens is 1. The molecule has 1 atom stereocenters. The van der Waals surface area contributed by atoms with Gasteiger partial charge in [0.25, 0.3) is 0 Å². The minimum atomic E-state index is -0.402. The highest BCUT2D eigenvalue weighted by atomic mass is 35.5. The van der Waals surface area contributed by atoms with Gasteiger partial charge in [-0.1, -0.05) is 35.9 Å². The fourth-order valence-corrected chi connectivity index (χ4v) is 5.99. The molecule has 1 aromatic carbocycles. The maximum Gasteiger partial charge on any atom is 0.237 e. The van der Waals surface area contributed by atoms with Crippen molar-refractivity contribution in [1.29, 1.82) is 0 Å². The normalized spacial score (nSPS) is 12.1. The molecule has 7 heteroatoms. The van der Waals surface area contributed by atoms with Gasteiger partial charge in [0.1, 0.15) is 0 Å². The molecule has 1 amide bonds. The Morgan fingerprint density at radius 2 is 1.76 bits per heavy atom. The van der Waals surface area contributed by atoms with Crippen LogP contribution in [0.15, 0.2) is 53.2 Å². The van der Waals surface area contributed by atoms with E-state index in [1.54, 1.807) is 22.7 Å². The van der Waals surface area contributed by atoms with Crippen molar-refractivity contribution in [2.24, 2.45) is 0 Å². The first-order chi connectivity index (χ1) is 15.9. The Hall–Kier alpha value is -1.96. The zero-order valence-electron chi connectivity index (χ0n) is 19.3. The number of hydrogen-bond acceptors (Lipinski definition) is 5. The lowest BCUT2D eigenvalue weighted by atomic mass is 10.0. The Balaban J connectivity index is 1.67. The molecule has 0 saturated heterocycles. The second-order valence-electron chi connectivity index (χ2n) is 8.09. The lowest BCUT2D eigenvalue weighted by Crippen LogP contribution is -2.45. The van der Waals surface area contributed by atoms with Crippen LogP contribution in [0.2, 0.25) is 5.02 Å². The lowest BCUT2D eigenvalue weighted by Gasteiger charge is -2.26. The van der Waals surface area contributed by atoms with Crippen LogP contribution >= 0.6 is 34.3 Å². The summed E-state index contributed by atoms with van der Waals surface area (Å²) >= 11 is 9.74. The largest absolute Gasteiger partial charge is 0.396 e. The first-order valence-corrected chi connectivity index (χ1v) is 13.2. The summed E-state index contributed by atoms with van der Waals surface area (Å²) in [5, 5.41) is 17.4. The van der Waals surface area contributed by atoms with E-state index in [0.717, 1.165) is 12.0 Å². The van der Waals surface area contributed by atoms with Crippen LogP contribution in [0.4, 0.5) is 0 Å². The number of aryl methyl sites for hydroxylation is 2. The highest BCUT2D eigenvalue weighted by Gasteiger charge is 2.22. The maximum atomic E-state index is 12.9. The molecular weight excluding hydrogens is 472 g/mol. The summed E-state index contributed by atoms with van der Waals surface area (Å²) in [6, 6.07) is 11.4. The SMILES string of the molecule is Cc1ccsc1C(=CCCN(C)[C@H](CCO)C(=O)NCc1ccccc1Cl)c1sccc1C. The summed E-state index contributed by atoms with van der Waals surface area (Å²) in [5.74, 6) is -0.0983. The van der Waals surface area contributed by atoms with Gasteiger partial charge in [-0.2, -0.15) is 0 Å². The van der Waals surface area contributed by atoms with Crippen LogP contribution in [0.1, 0.15) is 39.3 Å². The number of carbonyl (C=O) groups is 1. The zero-order chi connectivity index (χ0) is 23.8. The number of aliphatic hydroxyl groups is 1. The monoisotopic (exact) mass is 502 g/mol. The number of amides is 1. The average molecular weight is 503 g/mol. The van der Waals surface area contributed by atoms with Gasteiger partial charge in [-0.05, 0) is 79.4 Å². The van der Waals surface area contributed by atoms with Crippen molar-refractivity contribution < 1.29 is 9.90 Å². The molecule has 0 bridgehead atoms. The molecule has 0 saturated carbocycles. The van der Waals surface area contributed by atoms with Crippen LogP contribution in [0, 0.1) is 13.8 Å². The molecule has 33 heavy (non-hydrogen) atoms. The van der Waals surface area contributed by atoms with Crippen molar-refractivity contribution in [3.05, 3.63) is 84.7 Å². The standard InChI is InChI=1S/C26H31ClN2O2S2/c1-18-11-15-32-24(18)21(25-19(2)12-16-33-25)8-6-13-29(3)23(10-14-30)26(31)28-17-20-7-4-5-9-22(20)27/h4-5,7-9,11-12,15-16,23,30H,6,10,13-14,17H2,1-3H3,(H,28,31)/t23-/m1/s1. The summed E-state index contributed by atoms with van der Waals surface area (Å²) in [7, 11) is 1.94. The molecule has 2 aromatic heterocycles. The predicted molar refractivity (Wildman–Crippen MR) is 141 cm³/mol. The number of nitrogens with one attached hydrogen (secondary N) is 1. The molecule has 4 nitrogen and oxygen atoms in total. The molecule has 0 aliphatic carbocycles. The molecule has 0 aliphatic rings. The first kappa shape index (κ1) is 25.7. The van der Waals surface area contributed by atoms with Crippen LogP contribution < -0.4 is 5.32 Å². The van der Waals surface area contributed by atoms with E-state index >= 15 is 0 Å². The Morgan fingerprint density at radius 3 is 2.30 bits per heavy atom. The first-order valence-electron chi connectivity index (χ1n) is 11.0. The second-order valence-corrected chi connectivity index (χ2v) is 10.3. The molecule has 0 aliphatic heterocycles. The van der Waals surface area contributed by atoms with Gasteiger partial charge in [0.05, 0.1) is 6.04 Å². The minimum absolute atomic E-state index is 0.0433. The topological polar surface area (TPSA) is 52.6 Å². The van der Waals surface area contributed by atoms with E-state index in [1.165, 1.54) is 26.5 Å². The van der Waals surface area contributed by atoms with Crippen molar-refractivity contribution in [2.45, 2.75) is 39.3 Å². The minimum Gasteiger partial charge on any atom is -0.396 e. The van der Waals surface area contributed by atoms with E-state index < -0.39 is 6.04 Å². The van der Waals surface area contributed by atoms with Gasteiger partial charge in [0.2, 0.25) is 5.91 Å². The fourth-order valence-electron chi connectivity index (χ4n) is 3.77. The molecule has 0 fully saturated rings. The highest BCUT2D eigenvalue weighted by Crippen LogP contribution is 2.35. The van der Waals surface area contributed by atoms with E-state index in [0.29, 0.717) is 24.5 Å². The Kier molecular flexibility index (Phi) is 9.71. The number of thiophene rings is 2. The van der Waals surface area contributed by atoms with Crippen LogP contribution in [0.5, 0.6) is 0 Å². The number of carbonyl (C=O) groups excluding carboxylic acids is 1. The van der Waals surface area contributed by atoms with Gasteiger partial charge in [-0.25, -0.2) is 0 Å². The van der Waals surface area contributed by atoms with Gasteiger partial charge < -0.3 is 10.4 Å². The molecular formula is C26H31ClN2O2S2. The highest BCUT2D eigenvalue weighted by molar-refractivity contribution is 7.14. The molecule has 0 unspecified atom stereocenters. The third-order valence-electron chi connectivity index (χ3n) is 5.69. The number of nitrogens with zero attached hydrogens (tertiary/aromatic N) is 1. The second kappa shape index (κ2) is 12.5. The Morgan fingerprint density at radius 1 is 1.12 bits per heavy atom. The number of rotatable bonds is 11. The Bertz CT molecular complexity index is 1050. The van der Waals surface area contributed by atoms with Crippen molar-refractivity contribution in [3.63, 3.8) is 0 Å². The molecule has 2 heterocycles. The van der Waals surface area contributed by atoms with Crippen molar-refractivity contribution in [3.8, 4) is 0 Å². The van der Waals surface area contributed by atoms with E-state index in [9.17, 15) is 9.90 Å². The van der Waals surface area contributed by atoms with E-state index in [-0.39, 0.29) is 12.5 Å². The average Bonchev–Trinajstić information content (AvgIpc) is 3.42. The molecule has 3 aromatic rings. The van der Waals surface area contributed by atoms with Gasteiger partial charge >= 0.3 is 0 Å². The lowest BCUT2D eigenvalue weighted by molar-refractivity contribution is -0.126. The van der Waals surface area contributed by atoms with Gasteiger partial charge in [0, 0.05) is 40.0 Å². The number of aliphatic hydroxyl groups excluding tert-OH is 1. The Labute approximate surface area is 209 Å². The smallest absolute Gasteiger partial charge is 0.237 e. The predicted octanol–water partition coefficient (Wildman–Crippen LogP) is 5.90. The van der Waals surface area contributed by atoms with Crippen molar-refractivity contribution in [1.82, 2.24) is 10.2 Å². The maximum absolute atomic E-state index is 12.9. The molecule has 3 rings (SSSR count). The van der Waals surface area contributed by atoms with Crippen molar-refractivity contribution in [2.75, 3.05) is 20.2 Å². The van der Waals surface area contributed by atoms with E-state index in [2.05, 4.69) is 48.1 Å². The number of likely N-dealkylation sites (N-methyl/N-ethyl adjacent to an activating group) is 1. The third-order valence-corrected chi connectivity index (χ3v) is 8.16. The van der Waals surface area contributed by atoms with Crippen LogP contribution in [0.3, 0.4) is 0 Å². The van der Waals surface area contributed by atoms with Gasteiger partial charge in [-0.3, -0.25) is 9.69 Å². The quantitative estimate of drug-likeness (QED) is 0.343. The zero-order valence-corrected chi connectivity index (χ0v) is 21.7. The van der Waals surface area contributed by atoms with Gasteiger partial charge in [0.15, 0.2) is 0 Å². The molecule has 0 spiro atoms. The van der Waals surface area contributed by atoms with Crippen LogP contribution in [0.25, 0.3) is 5.57 Å². The summed E-state index contributed by atoms with van der Waals surface area (Å²) in [6.07, 6.45) is 3.47. The van der Waals surface area contributed by atoms with E-state index in [4.69, 9.17) is 11.6 Å². The van der Waals surface area contributed by atoms with Crippen molar-refractivity contribution >= 4 is 45.8 Å². The summed E-state index contributed by atoms with van der Waals surface area (Å²) in [5.41, 5.74) is 4.71. The van der Waals surface area contributed by atoms with Gasteiger partial charge in [-0.15, -0.1) is 22.7 Å². The summed E-state index contributed by atoms with van der Waals surface area (Å²) < 4.78 is 0. The van der Waals surface area contributed by atoms with Crippen LogP contribution in [-0.2, 0) is 11.3 Å². The van der Waals surface area contributed by atoms with E-state index in [1.807, 2.05) is 36.2 Å². The molecule has 176 valence electrons.